The minimum Gasteiger partial charge on any atom is -0.495 e. The van der Waals surface area contributed by atoms with Crippen molar-refractivity contribution in [1.82, 2.24) is 0 Å². The molecule has 1 N–H and O–H groups in total. The molecular formula is C17H19Br2NO. The average molecular weight is 413 g/mol. The third kappa shape index (κ3) is 4.01. The van der Waals surface area contributed by atoms with Crippen LogP contribution in [0.4, 0.5) is 5.69 Å². The summed E-state index contributed by atoms with van der Waals surface area (Å²) in [5, 5.41) is 3.52. The van der Waals surface area contributed by atoms with Crippen LogP contribution in [0.5, 0.6) is 5.75 Å². The van der Waals surface area contributed by atoms with Gasteiger partial charge < -0.3 is 10.1 Å². The summed E-state index contributed by atoms with van der Waals surface area (Å²) in [6.07, 6.45) is 0. The Balaban J connectivity index is 2.25. The topological polar surface area (TPSA) is 21.3 Å². The summed E-state index contributed by atoms with van der Waals surface area (Å²) >= 11 is 7.07. The maximum atomic E-state index is 5.49. The summed E-state index contributed by atoms with van der Waals surface area (Å²) in [6, 6.07) is 12.5. The Kier molecular flexibility index (Phi) is 5.71. The zero-order chi connectivity index (χ0) is 15.4. The van der Waals surface area contributed by atoms with E-state index in [9.17, 15) is 0 Å². The Hall–Kier alpha value is -1.00. The molecule has 0 radical (unpaired) electrons. The lowest BCUT2D eigenvalue weighted by Crippen LogP contribution is -2.05. The predicted octanol–water partition coefficient (Wildman–Crippen LogP) is 5.96. The molecule has 0 spiro atoms. The zero-order valence-electron chi connectivity index (χ0n) is 12.4. The van der Waals surface area contributed by atoms with Gasteiger partial charge in [-0.15, -0.1) is 0 Å². The van der Waals surface area contributed by atoms with Gasteiger partial charge >= 0.3 is 0 Å². The van der Waals surface area contributed by atoms with Gasteiger partial charge in [0.25, 0.3) is 0 Å². The van der Waals surface area contributed by atoms with Crippen molar-refractivity contribution in [2.24, 2.45) is 0 Å². The first-order valence-corrected chi connectivity index (χ1v) is 8.46. The summed E-state index contributed by atoms with van der Waals surface area (Å²) in [4.78, 5) is 0. The quantitative estimate of drug-likeness (QED) is 0.654. The Morgan fingerprint density at radius 3 is 2.52 bits per heavy atom. The number of rotatable bonds is 5. The highest BCUT2D eigenvalue weighted by Crippen LogP contribution is 2.33. The molecule has 0 bridgehead atoms. The van der Waals surface area contributed by atoms with E-state index in [4.69, 9.17) is 4.74 Å². The van der Waals surface area contributed by atoms with Crippen molar-refractivity contribution in [1.29, 1.82) is 0 Å². The number of hydrogen-bond donors (Lipinski definition) is 1. The maximum absolute atomic E-state index is 5.49. The number of hydrogen-bond acceptors (Lipinski definition) is 2. The van der Waals surface area contributed by atoms with Crippen molar-refractivity contribution in [2.75, 3.05) is 12.4 Å². The Bertz CT molecular complexity index is 626. The van der Waals surface area contributed by atoms with Crippen molar-refractivity contribution in [2.45, 2.75) is 26.3 Å². The van der Waals surface area contributed by atoms with Crippen LogP contribution < -0.4 is 10.1 Å². The van der Waals surface area contributed by atoms with Gasteiger partial charge in [0.1, 0.15) is 5.75 Å². The van der Waals surface area contributed by atoms with Gasteiger partial charge in [0.05, 0.1) is 11.6 Å². The number of anilines is 1. The van der Waals surface area contributed by atoms with E-state index in [0.29, 0.717) is 12.5 Å². The van der Waals surface area contributed by atoms with Gasteiger partial charge in [0.2, 0.25) is 0 Å². The molecule has 0 atom stereocenters. The second kappa shape index (κ2) is 7.32. The molecule has 2 nitrogen and oxygen atoms in total. The van der Waals surface area contributed by atoms with E-state index in [1.165, 1.54) is 11.3 Å². The van der Waals surface area contributed by atoms with Gasteiger partial charge in [-0.1, -0.05) is 48.0 Å². The van der Waals surface area contributed by atoms with Gasteiger partial charge in [-0.2, -0.15) is 0 Å². The van der Waals surface area contributed by atoms with Crippen molar-refractivity contribution in [3.8, 4) is 5.75 Å². The lowest BCUT2D eigenvalue weighted by atomic mass is 10.0. The van der Waals surface area contributed by atoms with Crippen LogP contribution in [-0.4, -0.2) is 7.11 Å². The van der Waals surface area contributed by atoms with Crippen LogP contribution in [0.15, 0.2) is 45.3 Å². The van der Waals surface area contributed by atoms with Gasteiger partial charge in [-0.25, -0.2) is 0 Å². The molecule has 0 aliphatic rings. The normalized spacial score (nSPS) is 10.8. The molecule has 0 aromatic heterocycles. The first kappa shape index (κ1) is 16.4. The molecule has 0 unspecified atom stereocenters. The Labute approximate surface area is 143 Å². The molecule has 2 aromatic rings. The molecule has 21 heavy (non-hydrogen) atoms. The first-order valence-electron chi connectivity index (χ1n) is 6.87. The minimum absolute atomic E-state index is 0.491. The SMILES string of the molecule is COc1c(Br)cc(Br)cc1CNc1ccccc1C(C)C. The molecule has 0 aliphatic heterocycles. The second-order valence-corrected chi connectivity index (χ2v) is 6.95. The van der Waals surface area contributed by atoms with E-state index in [1.54, 1.807) is 7.11 Å². The van der Waals surface area contributed by atoms with E-state index in [-0.39, 0.29) is 0 Å². The highest BCUT2D eigenvalue weighted by Gasteiger charge is 2.11. The lowest BCUT2D eigenvalue weighted by Gasteiger charge is -2.16. The van der Waals surface area contributed by atoms with Crippen molar-refractivity contribution in [3.63, 3.8) is 0 Å². The Morgan fingerprint density at radius 2 is 1.86 bits per heavy atom. The first-order chi connectivity index (χ1) is 10.0. The van der Waals surface area contributed by atoms with Gasteiger partial charge in [0, 0.05) is 22.3 Å². The van der Waals surface area contributed by atoms with Crippen LogP contribution in [0, 0.1) is 0 Å². The van der Waals surface area contributed by atoms with Gasteiger partial charge in [0.15, 0.2) is 0 Å². The van der Waals surface area contributed by atoms with E-state index in [2.05, 4.69) is 81.4 Å². The largest absolute Gasteiger partial charge is 0.495 e. The third-order valence-corrected chi connectivity index (χ3v) is 4.39. The summed E-state index contributed by atoms with van der Waals surface area (Å²) in [5.74, 6) is 1.36. The molecule has 0 saturated heterocycles. The second-order valence-electron chi connectivity index (χ2n) is 5.18. The summed E-state index contributed by atoms with van der Waals surface area (Å²) < 4.78 is 7.47. The van der Waals surface area contributed by atoms with Crippen molar-refractivity contribution >= 4 is 37.5 Å². The summed E-state index contributed by atoms with van der Waals surface area (Å²) in [7, 11) is 1.69. The maximum Gasteiger partial charge on any atom is 0.138 e. The molecule has 0 saturated carbocycles. The average Bonchev–Trinajstić information content (AvgIpc) is 2.44. The zero-order valence-corrected chi connectivity index (χ0v) is 15.6. The molecule has 2 rings (SSSR count). The number of para-hydroxylation sites is 1. The van der Waals surface area contributed by atoms with E-state index in [0.717, 1.165) is 20.3 Å². The molecule has 0 fully saturated rings. The number of nitrogens with one attached hydrogen (secondary N) is 1. The molecule has 0 amide bonds. The smallest absolute Gasteiger partial charge is 0.138 e. The van der Waals surface area contributed by atoms with E-state index < -0.39 is 0 Å². The fourth-order valence-corrected chi connectivity index (χ4v) is 3.80. The number of methoxy groups -OCH3 is 1. The highest BCUT2D eigenvalue weighted by atomic mass is 79.9. The fraction of sp³-hybridized carbons (Fsp3) is 0.294. The summed E-state index contributed by atoms with van der Waals surface area (Å²) in [6.45, 7) is 5.12. The van der Waals surface area contributed by atoms with Crippen LogP contribution in [0.25, 0.3) is 0 Å². The molecular weight excluding hydrogens is 394 g/mol. The predicted molar refractivity (Wildman–Crippen MR) is 96.3 cm³/mol. The van der Waals surface area contributed by atoms with Crippen LogP contribution >= 0.6 is 31.9 Å². The number of benzene rings is 2. The standard InChI is InChI=1S/C17H19Br2NO/c1-11(2)14-6-4-5-7-16(14)20-10-12-8-13(18)9-15(19)17(12)21-3/h4-9,11,20H,10H2,1-3H3. The Morgan fingerprint density at radius 1 is 1.14 bits per heavy atom. The monoisotopic (exact) mass is 411 g/mol. The highest BCUT2D eigenvalue weighted by molar-refractivity contribution is 9.11. The lowest BCUT2D eigenvalue weighted by molar-refractivity contribution is 0.407. The fourth-order valence-electron chi connectivity index (χ4n) is 2.33. The summed E-state index contributed by atoms with van der Waals surface area (Å²) in [5.41, 5.74) is 3.61. The van der Waals surface area contributed by atoms with Crippen molar-refractivity contribution < 1.29 is 4.74 Å². The third-order valence-electron chi connectivity index (χ3n) is 3.34. The van der Waals surface area contributed by atoms with E-state index in [1.807, 2.05) is 6.07 Å². The van der Waals surface area contributed by atoms with Gasteiger partial charge in [-0.05, 0) is 45.6 Å². The van der Waals surface area contributed by atoms with Gasteiger partial charge in [-0.3, -0.25) is 0 Å². The van der Waals surface area contributed by atoms with Crippen LogP contribution in [-0.2, 0) is 6.54 Å². The van der Waals surface area contributed by atoms with Crippen LogP contribution in [0.1, 0.15) is 30.9 Å². The number of ether oxygens (including phenoxy) is 1. The van der Waals surface area contributed by atoms with Crippen LogP contribution in [0.2, 0.25) is 0 Å². The molecule has 2 aromatic carbocycles. The molecule has 4 heteroatoms. The van der Waals surface area contributed by atoms with Crippen molar-refractivity contribution in [3.05, 3.63) is 56.5 Å². The minimum atomic E-state index is 0.491. The van der Waals surface area contributed by atoms with E-state index >= 15 is 0 Å². The number of halogens is 2. The van der Waals surface area contributed by atoms with Crippen LogP contribution in [0.3, 0.4) is 0 Å². The molecule has 0 heterocycles. The molecule has 0 aliphatic carbocycles. The molecule has 112 valence electrons.